The lowest BCUT2D eigenvalue weighted by molar-refractivity contribution is -0.161. The Hall–Kier alpha value is -1.57. The van der Waals surface area contributed by atoms with Crippen molar-refractivity contribution in [3.8, 4) is 0 Å². The quantitative estimate of drug-likeness (QED) is 0.764. The molecule has 1 aromatic rings. The van der Waals surface area contributed by atoms with E-state index in [9.17, 15) is 4.79 Å². The van der Waals surface area contributed by atoms with E-state index < -0.39 is 5.60 Å². The molecule has 1 saturated carbocycles. The minimum atomic E-state index is -0.406. The first kappa shape index (κ1) is 13.9. The first-order chi connectivity index (χ1) is 8.81. The maximum atomic E-state index is 12.1. The van der Waals surface area contributed by atoms with E-state index in [0.29, 0.717) is 5.92 Å². The smallest absolute Gasteiger partial charge is 0.312 e. The van der Waals surface area contributed by atoms with Crippen LogP contribution in [0.5, 0.6) is 0 Å². The molecule has 0 N–H and O–H groups in total. The van der Waals surface area contributed by atoms with Crippen LogP contribution in [0, 0.1) is 11.3 Å². The Morgan fingerprint density at radius 1 is 1.32 bits per heavy atom. The Morgan fingerprint density at radius 2 is 1.95 bits per heavy atom. The van der Waals surface area contributed by atoms with Crippen molar-refractivity contribution < 1.29 is 9.53 Å². The zero-order valence-electron chi connectivity index (χ0n) is 12.1. The van der Waals surface area contributed by atoms with Gasteiger partial charge in [0.2, 0.25) is 0 Å². The van der Waals surface area contributed by atoms with Crippen LogP contribution >= 0.6 is 0 Å². The zero-order valence-corrected chi connectivity index (χ0v) is 12.1. The highest BCUT2D eigenvalue weighted by atomic mass is 16.6. The van der Waals surface area contributed by atoms with Crippen molar-refractivity contribution in [1.29, 1.82) is 0 Å². The second-order valence-corrected chi connectivity index (χ2v) is 6.50. The van der Waals surface area contributed by atoms with Crippen molar-refractivity contribution in [2.24, 2.45) is 11.3 Å². The Balaban J connectivity index is 1.96. The average molecular weight is 258 g/mol. The maximum absolute atomic E-state index is 12.1. The molecule has 0 radical (unpaired) electrons. The fourth-order valence-electron chi connectivity index (χ4n) is 2.10. The highest BCUT2D eigenvalue weighted by Gasteiger charge is 2.56. The maximum Gasteiger partial charge on any atom is 0.312 e. The van der Waals surface area contributed by atoms with Gasteiger partial charge < -0.3 is 4.74 Å². The van der Waals surface area contributed by atoms with Gasteiger partial charge in [0.1, 0.15) is 5.60 Å². The highest BCUT2D eigenvalue weighted by molar-refractivity contribution is 5.81. The molecule has 1 aliphatic carbocycles. The van der Waals surface area contributed by atoms with Crippen LogP contribution in [0.25, 0.3) is 6.08 Å². The molecule has 1 aliphatic rings. The SMILES string of the molecule is CC(C)(C)OC(=O)C1(C)CC1/C=C/c1ccccc1. The number of carbonyl (C=O) groups excluding carboxylic acids is 1. The number of allylic oxidation sites excluding steroid dienone is 1. The molecule has 102 valence electrons. The van der Waals surface area contributed by atoms with E-state index in [4.69, 9.17) is 4.74 Å². The van der Waals surface area contributed by atoms with E-state index in [0.717, 1.165) is 6.42 Å². The van der Waals surface area contributed by atoms with Gasteiger partial charge in [-0.05, 0) is 45.6 Å². The van der Waals surface area contributed by atoms with Crippen LogP contribution in [0.15, 0.2) is 36.4 Å². The summed E-state index contributed by atoms with van der Waals surface area (Å²) in [5, 5.41) is 0. The molecule has 0 amide bonds. The molecule has 19 heavy (non-hydrogen) atoms. The lowest BCUT2D eigenvalue weighted by atomic mass is 10.1. The molecule has 2 unspecified atom stereocenters. The van der Waals surface area contributed by atoms with Gasteiger partial charge in [0.05, 0.1) is 5.41 Å². The molecule has 2 rings (SSSR count). The molecule has 2 heteroatoms. The van der Waals surface area contributed by atoms with Gasteiger partial charge >= 0.3 is 5.97 Å². The Morgan fingerprint density at radius 3 is 2.53 bits per heavy atom. The van der Waals surface area contributed by atoms with E-state index in [-0.39, 0.29) is 11.4 Å². The third-order valence-electron chi connectivity index (χ3n) is 3.49. The summed E-state index contributed by atoms with van der Waals surface area (Å²) in [5.74, 6) is 0.213. The van der Waals surface area contributed by atoms with Crippen molar-refractivity contribution in [2.75, 3.05) is 0 Å². The summed E-state index contributed by atoms with van der Waals surface area (Å²) in [6.07, 6.45) is 5.09. The van der Waals surface area contributed by atoms with Crippen LogP contribution in [-0.2, 0) is 9.53 Å². The number of ether oxygens (including phenoxy) is 1. The Kier molecular flexibility index (Phi) is 3.53. The molecule has 1 aromatic carbocycles. The fraction of sp³-hybridized carbons (Fsp3) is 0.471. The van der Waals surface area contributed by atoms with Crippen molar-refractivity contribution in [3.05, 3.63) is 42.0 Å². The molecule has 2 atom stereocenters. The zero-order chi connectivity index (χ0) is 14.1. The molecule has 0 spiro atoms. The van der Waals surface area contributed by atoms with E-state index in [1.165, 1.54) is 5.56 Å². The summed E-state index contributed by atoms with van der Waals surface area (Å²) in [4.78, 5) is 12.1. The number of benzene rings is 1. The van der Waals surface area contributed by atoms with Crippen LogP contribution in [0.3, 0.4) is 0 Å². The number of hydrogen-bond acceptors (Lipinski definition) is 2. The molecular weight excluding hydrogens is 236 g/mol. The summed E-state index contributed by atoms with van der Waals surface area (Å²) < 4.78 is 5.47. The Bertz CT molecular complexity index is 482. The largest absolute Gasteiger partial charge is 0.460 e. The molecule has 0 heterocycles. The molecule has 1 fully saturated rings. The van der Waals surface area contributed by atoms with E-state index >= 15 is 0 Å². The van der Waals surface area contributed by atoms with Crippen molar-refractivity contribution >= 4 is 12.0 Å². The minimum absolute atomic E-state index is 0.0808. The van der Waals surface area contributed by atoms with E-state index in [1.54, 1.807) is 0 Å². The molecule has 0 saturated heterocycles. The normalized spacial score (nSPS) is 26.4. The second kappa shape index (κ2) is 4.84. The topological polar surface area (TPSA) is 26.3 Å². The van der Waals surface area contributed by atoms with Crippen molar-refractivity contribution in [3.63, 3.8) is 0 Å². The predicted octanol–water partition coefficient (Wildman–Crippen LogP) is 4.07. The van der Waals surface area contributed by atoms with Gasteiger partial charge in [-0.3, -0.25) is 4.79 Å². The number of rotatable bonds is 3. The lowest BCUT2D eigenvalue weighted by Crippen LogP contribution is -2.29. The predicted molar refractivity (Wildman–Crippen MR) is 77.5 cm³/mol. The molecule has 0 aromatic heterocycles. The summed E-state index contributed by atoms with van der Waals surface area (Å²) in [7, 11) is 0. The summed E-state index contributed by atoms with van der Waals surface area (Å²) >= 11 is 0. The third kappa shape index (κ3) is 3.46. The van der Waals surface area contributed by atoms with Gasteiger partial charge in [-0.15, -0.1) is 0 Å². The van der Waals surface area contributed by atoms with Crippen molar-refractivity contribution in [1.82, 2.24) is 0 Å². The van der Waals surface area contributed by atoms with Gasteiger partial charge in [0, 0.05) is 0 Å². The molecule has 0 aliphatic heterocycles. The monoisotopic (exact) mass is 258 g/mol. The second-order valence-electron chi connectivity index (χ2n) is 6.50. The standard InChI is InChI=1S/C17H22O2/c1-16(2,3)19-15(18)17(4)12-14(17)11-10-13-8-6-5-7-9-13/h5-11,14H,12H2,1-4H3/b11-10+. The number of carbonyl (C=O) groups is 1. The minimum Gasteiger partial charge on any atom is -0.460 e. The highest BCUT2D eigenvalue weighted by Crippen LogP contribution is 2.54. The van der Waals surface area contributed by atoms with Crippen LogP contribution in [0.4, 0.5) is 0 Å². The molecule has 2 nitrogen and oxygen atoms in total. The third-order valence-corrected chi connectivity index (χ3v) is 3.49. The van der Waals surface area contributed by atoms with Crippen LogP contribution < -0.4 is 0 Å². The number of hydrogen-bond donors (Lipinski definition) is 0. The van der Waals surface area contributed by atoms with Gasteiger partial charge in [-0.2, -0.15) is 0 Å². The average Bonchev–Trinajstić information content (AvgIpc) is 2.99. The first-order valence-electron chi connectivity index (χ1n) is 6.78. The van der Waals surface area contributed by atoms with Gasteiger partial charge in [-0.1, -0.05) is 42.5 Å². The van der Waals surface area contributed by atoms with E-state index in [1.807, 2.05) is 45.9 Å². The van der Waals surface area contributed by atoms with Gasteiger partial charge in [0.15, 0.2) is 0 Å². The summed E-state index contributed by atoms with van der Waals surface area (Å²) in [5.41, 5.74) is 0.426. The van der Waals surface area contributed by atoms with Gasteiger partial charge in [-0.25, -0.2) is 0 Å². The molecule has 0 bridgehead atoms. The first-order valence-corrected chi connectivity index (χ1v) is 6.78. The van der Waals surface area contributed by atoms with Crippen molar-refractivity contribution in [2.45, 2.75) is 39.7 Å². The summed E-state index contributed by atoms with van der Waals surface area (Å²) in [6, 6.07) is 10.1. The van der Waals surface area contributed by atoms with Crippen LogP contribution in [-0.4, -0.2) is 11.6 Å². The fourth-order valence-corrected chi connectivity index (χ4v) is 2.10. The van der Waals surface area contributed by atoms with Gasteiger partial charge in [0.25, 0.3) is 0 Å². The molecular formula is C17H22O2. The van der Waals surface area contributed by atoms with Crippen LogP contribution in [0.1, 0.15) is 39.7 Å². The Labute approximate surface area is 115 Å². The lowest BCUT2D eigenvalue weighted by Gasteiger charge is -2.22. The van der Waals surface area contributed by atoms with Crippen LogP contribution in [0.2, 0.25) is 0 Å². The summed E-state index contributed by atoms with van der Waals surface area (Å²) in [6.45, 7) is 7.71. The van der Waals surface area contributed by atoms with E-state index in [2.05, 4.69) is 24.3 Å². The number of esters is 1.